The van der Waals surface area contributed by atoms with E-state index in [4.69, 9.17) is 0 Å². The third-order valence-electron chi connectivity index (χ3n) is 0. The van der Waals surface area contributed by atoms with Crippen LogP contribution in [-0.2, 0) is 5.48 Å². The standard InChI is InChI=1S/Al.H3N.H2O.O/h;1H3;1H2;/q+3;;;-2/p-1. The summed E-state index contributed by atoms with van der Waals surface area (Å²) in [5, 5.41) is 0. The molecule has 0 atom stereocenters. The molecule has 0 saturated carbocycles. The molecule has 24 valence electrons. The Morgan fingerprint density at radius 3 is 1.00 bits per heavy atom. The largest absolute Gasteiger partial charge is 3.00 e. The van der Waals surface area contributed by atoms with Gasteiger partial charge in [0, 0.05) is 0 Å². The molecule has 4 heavy (non-hydrogen) atoms. The average Bonchev–Trinajstić information content (AvgIpc) is 0. The SMILES string of the molecule is N.[Al+3].[O-2].[OH-]. The molecule has 4 N–H and O–H groups in total. The fraction of sp³-hybridized carbons (Fsp3) is 0. The van der Waals surface area contributed by atoms with Crippen LogP contribution < -0.4 is 6.15 Å². The van der Waals surface area contributed by atoms with Gasteiger partial charge in [-0.3, -0.25) is 0 Å². The first-order valence-corrected chi connectivity index (χ1v) is 0. The molecule has 0 bridgehead atoms. The van der Waals surface area contributed by atoms with E-state index in [2.05, 4.69) is 0 Å². The summed E-state index contributed by atoms with van der Waals surface area (Å²) >= 11 is 0. The zero-order chi connectivity index (χ0) is 0. The summed E-state index contributed by atoms with van der Waals surface area (Å²) in [6, 6.07) is 0. The van der Waals surface area contributed by atoms with Crippen LogP contribution in [0.5, 0.6) is 0 Å². The van der Waals surface area contributed by atoms with Gasteiger partial charge in [-0.25, -0.2) is 0 Å². The van der Waals surface area contributed by atoms with Crippen LogP contribution in [0.15, 0.2) is 0 Å². The van der Waals surface area contributed by atoms with E-state index < -0.39 is 0 Å². The van der Waals surface area contributed by atoms with Gasteiger partial charge in [-0.2, -0.15) is 0 Å². The summed E-state index contributed by atoms with van der Waals surface area (Å²) in [6.07, 6.45) is 0. The molecular formula is H4AlNO2. The van der Waals surface area contributed by atoms with E-state index in [1.807, 2.05) is 0 Å². The van der Waals surface area contributed by atoms with Crippen molar-refractivity contribution < 1.29 is 11.0 Å². The Morgan fingerprint density at radius 1 is 1.00 bits per heavy atom. The number of rotatable bonds is 0. The average molecular weight is 77.0 g/mol. The fourth-order valence-electron chi connectivity index (χ4n) is 0. The molecule has 0 spiro atoms. The zero-order valence-electron chi connectivity index (χ0n) is 2.14. The third-order valence-corrected chi connectivity index (χ3v) is 0. The number of hydrogen-bond donors (Lipinski definition) is 1. The molecule has 0 radical (unpaired) electrons. The second-order valence-electron chi connectivity index (χ2n) is 0. The van der Waals surface area contributed by atoms with Crippen LogP contribution in [0.4, 0.5) is 0 Å². The molecule has 0 aromatic rings. The molecule has 0 aliphatic rings. The first-order valence-electron chi connectivity index (χ1n) is 0. The van der Waals surface area contributed by atoms with Crippen LogP contribution in [-0.4, -0.2) is 22.8 Å². The van der Waals surface area contributed by atoms with Crippen LogP contribution in [0.1, 0.15) is 0 Å². The molecule has 4 heteroatoms. The molecule has 0 aromatic heterocycles. The maximum atomic E-state index is 0. The van der Waals surface area contributed by atoms with Crippen molar-refractivity contribution in [2.45, 2.75) is 0 Å². The van der Waals surface area contributed by atoms with E-state index in [0.29, 0.717) is 0 Å². The molecule has 0 aliphatic heterocycles. The third kappa shape index (κ3) is 28.3. The summed E-state index contributed by atoms with van der Waals surface area (Å²) in [6.45, 7) is 0. The van der Waals surface area contributed by atoms with Crippen molar-refractivity contribution in [3.05, 3.63) is 0 Å². The van der Waals surface area contributed by atoms with Crippen molar-refractivity contribution in [3.63, 3.8) is 0 Å². The van der Waals surface area contributed by atoms with Crippen LogP contribution in [0.2, 0.25) is 0 Å². The van der Waals surface area contributed by atoms with Gasteiger partial charge in [0.2, 0.25) is 0 Å². The van der Waals surface area contributed by atoms with Gasteiger partial charge in [0.05, 0.1) is 0 Å². The van der Waals surface area contributed by atoms with E-state index in [9.17, 15) is 0 Å². The molecular weight excluding hydrogens is 73.0 g/mol. The maximum absolute atomic E-state index is 0. The van der Waals surface area contributed by atoms with Gasteiger partial charge in [-0.1, -0.05) is 0 Å². The van der Waals surface area contributed by atoms with Crippen molar-refractivity contribution in [2.24, 2.45) is 0 Å². The predicted octanol–water partition coefficient (Wildman–Crippen LogP) is -0.514. The van der Waals surface area contributed by atoms with Gasteiger partial charge in [0.1, 0.15) is 0 Å². The Hall–Kier alpha value is 0.412. The topological polar surface area (TPSA) is 93.5 Å². The van der Waals surface area contributed by atoms with Crippen LogP contribution in [0.3, 0.4) is 0 Å². The Morgan fingerprint density at radius 2 is 1.00 bits per heavy atom. The van der Waals surface area contributed by atoms with Crippen LogP contribution in [0, 0.1) is 0 Å². The van der Waals surface area contributed by atoms with E-state index in [-0.39, 0.29) is 34.5 Å². The molecule has 0 rings (SSSR count). The van der Waals surface area contributed by atoms with Gasteiger partial charge in [0.15, 0.2) is 0 Å². The molecule has 0 fully saturated rings. The van der Waals surface area contributed by atoms with Crippen molar-refractivity contribution in [1.82, 2.24) is 6.15 Å². The summed E-state index contributed by atoms with van der Waals surface area (Å²) in [5.41, 5.74) is 0. The zero-order valence-corrected chi connectivity index (χ0v) is 3.29. The first kappa shape index (κ1) is 302. The maximum Gasteiger partial charge on any atom is 3.00 e. The summed E-state index contributed by atoms with van der Waals surface area (Å²) < 4.78 is 0. The second kappa shape index (κ2) is 117. The van der Waals surface area contributed by atoms with Crippen molar-refractivity contribution in [2.75, 3.05) is 0 Å². The van der Waals surface area contributed by atoms with Crippen molar-refractivity contribution in [3.8, 4) is 0 Å². The van der Waals surface area contributed by atoms with E-state index >= 15 is 0 Å². The Kier molecular flexibility index (Phi) is 8810. The van der Waals surface area contributed by atoms with E-state index in [0.717, 1.165) is 0 Å². The molecule has 0 unspecified atom stereocenters. The quantitative estimate of drug-likeness (QED) is 0.394. The minimum Gasteiger partial charge on any atom is -2.00 e. The van der Waals surface area contributed by atoms with E-state index in [1.54, 1.807) is 0 Å². The Bertz CT molecular complexity index is 6.00. The summed E-state index contributed by atoms with van der Waals surface area (Å²) in [7, 11) is 0. The summed E-state index contributed by atoms with van der Waals surface area (Å²) in [4.78, 5) is 0. The normalized spacial score (nSPS) is 0. The Labute approximate surface area is 35.3 Å². The molecule has 0 aromatic carbocycles. The van der Waals surface area contributed by atoms with E-state index in [1.165, 1.54) is 0 Å². The van der Waals surface area contributed by atoms with Gasteiger partial charge in [-0.15, -0.1) is 0 Å². The fourth-order valence-corrected chi connectivity index (χ4v) is 0. The smallest absolute Gasteiger partial charge is 2.00 e. The first-order chi connectivity index (χ1) is 0. The number of hydrogen-bond acceptors (Lipinski definition) is 2. The molecule has 3 nitrogen and oxygen atoms in total. The van der Waals surface area contributed by atoms with Crippen LogP contribution >= 0.6 is 0 Å². The molecule has 0 amide bonds. The minimum atomic E-state index is 0. The molecule has 0 heterocycles. The monoisotopic (exact) mass is 77.0 g/mol. The van der Waals surface area contributed by atoms with Crippen molar-refractivity contribution >= 4 is 17.4 Å². The molecule has 0 saturated heterocycles. The van der Waals surface area contributed by atoms with Crippen molar-refractivity contribution in [1.29, 1.82) is 0 Å². The van der Waals surface area contributed by atoms with Gasteiger partial charge < -0.3 is 17.1 Å². The van der Waals surface area contributed by atoms with Crippen LogP contribution in [0.25, 0.3) is 0 Å². The second-order valence-corrected chi connectivity index (χ2v) is 0. The van der Waals surface area contributed by atoms with Gasteiger partial charge in [-0.05, 0) is 0 Å². The summed E-state index contributed by atoms with van der Waals surface area (Å²) in [5.74, 6) is 0. The Balaban J connectivity index is 0. The minimum absolute atomic E-state index is 0. The van der Waals surface area contributed by atoms with Gasteiger partial charge >= 0.3 is 17.4 Å². The molecule has 0 aliphatic carbocycles. The predicted molar refractivity (Wildman–Crippen MR) is 13.4 cm³/mol. The van der Waals surface area contributed by atoms with Gasteiger partial charge in [0.25, 0.3) is 0 Å².